The molecule has 1 aliphatic heterocycles. The van der Waals surface area contributed by atoms with Crippen molar-refractivity contribution in [2.75, 3.05) is 6.61 Å². The van der Waals surface area contributed by atoms with Gasteiger partial charge in [0.05, 0.1) is 18.3 Å². The second-order valence-electron chi connectivity index (χ2n) is 7.62. The van der Waals surface area contributed by atoms with E-state index in [1.807, 2.05) is 48.0 Å². The lowest BCUT2D eigenvalue weighted by Gasteiger charge is -2.15. The second kappa shape index (κ2) is 8.67. The standard InChI is InChI=1S/C23H26N4O3/c1-16-9-11-26(15-19-7-5-13-30-19)23(29)21(16)22(28)25-14-18-6-3-4-8-20(18)27-12-10-24-17(27)2/h3-4,6,8-12,19H,5,7,13-15H2,1-2H3,(H,25,28). The summed E-state index contributed by atoms with van der Waals surface area (Å²) in [6, 6.07) is 9.64. The quantitative estimate of drug-likeness (QED) is 0.683. The van der Waals surface area contributed by atoms with Crippen LogP contribution in [0.3, 0.4) is 0 Å². The van der Waals surface area contributed by atoms with Crippen molar-refractivity contribution in [3.8, 4) is 5.69 Å². The lowest BCUT2D eigenvalue weighted by atomic mass is 10.1. The normalized spacial score (nSPS) is 16.0. The fourth-order valence-corrected chi connectivity index (χ4v) is 3.88. The molecule has 2 aromatic heterocycles. The van der Waals surface area contributed by atoms with Crippen molar-refractivity contribution in [3.63, 3.8) is 0 Å². The maximum atomic E-state index is 13.0. The average molecular weight is 406 g/mol. The minimum atomic E-state index is -0.364. The molecule has 0 radical (unpaired) electrons. The van der Waals surface area contributed by atoms with Crippen LogP contribution in [-0.2, 0) is 17.8 Å². The number of ether oxygens (including phenoxy) is 1. The van der Waals surface area contributed by atoms with E-state index in [1.165, 1.54) is 0 Å². The minimum Gasteiger partial charge on any atom is -0.376 e. The number of para-hydroxylation sites is 1. The lowest BCUT2D eigenvalue weighted by Crippen LogP contribution is -2.35. The van der Waals surface area contributed by atoms with E-state index in [4.69, 9.17) is 4.74 Å². The molecule has 4 rings (SSSR count). The van der Waals surface area contributed by atoms with Crippen LogP contribution in [0.2, 0.25) is 0 Å². The van der Waals surface area contributed by atoms with Crippen LogP contribution in [0, 0.1) is 13.8 Å². The third-order valence-corrected chi connectivity index (χ3v) is 5.54. The minimum absolute atomic E-state index is 0.0339. The van der Waals surface area contributed by atoms with Crippen LogP contribution in [0.1, 0.15) is 40.2 Å². The average Bonchev–Trinajstić information content (AvgIpc) is 3.40. The number of rotatable bonds is 6. The number of carbonyl (C=O) groups excluding carboxylic acids is 1. The molecule has 1 amide bonds. The van der Waals surface area contributed by atoms with Gasteiger partial charge in [-0.25, -0.2) is 4.98 Å². The topological polar surface area (TPSA) is 78.1 Å². The summed E-state index contributed by atoms with van der Waals surface area (Å²) in [5, 5.41) is 2.92. The molecule has 0 saturated carbocycles. The molecule has 1 fully saturated rings. The lowest BCUT2D eigenvalue weighted by molar-refractivity contribution is 0.0928. The summed E-state index contributed by atoms with van der Waals surface area (Å²) < 4.78 is 9.20. The molecule has 0 bridgehead atoms. The highest BCUT2D eigenvalue weighted by molar-refractivity contribution is 5.95. The maximum absolute atomic E-state index is 13.0. The Labute approximate surface area is 175 Å². The first-order valence-corrected chi connectivity index (χ1v) is 10.2. The first kappa shape index (κ1) is 20.1. The number of benzene rings is 1. The zero-order chi connectivity index (χ0) is 21.1. The predicted molar refractivity (Wildman–Crippen MR) is 114 cm³/mol. The van der Waals surface area contributed by atoms with Gasteiger partial charge in [-0.15, -0.1) is 0 Å². The van der Waals surface area contributed by atoms with E-state index in [1.54, 1.807) is 23.9 Å². The van der Waals surface area contributed by atoms with Gasteiger partial charge in [-0.1, -0.05) is 18.2 Å². The van der Waals surface area contributed by atoms with Gasteiger partial charge in [-0.05, 0) is 49.9 Å². The van der Waals surface area contributed by atoms with Crippen LogP contribution in [0.25, 0.3) is 5.69 Å². The zero-order valence-electron chi connectivity index (χ0n) is 17.3. The third-order valence-electron chi connectivity index (χ3n) is 5.54. The van der Waals surface area contributed by atoms with E-state index in [2.05, 4.69) is 10.3 Å². The Kier molecular flexibility index (Phi) is 5.81. The van der Waals surface area contributed by atoms with Crippen LogP contribution in [0.15, 0.2) is 53.7 Å². The van der Waals surface area contributed by atoms with Crippen molar-refractivity contribution < 1.29 is 9.53 Å². The highest BCUT2D eigenvalue weighted by Gasteiger charge is 2.20. The van der Waals surface area contributed by atoms with E-state index >= 15 is 0 Å². The van der Waals surface area contributed by atoms with E-state index in [9.17, 15) is 9.59 Å². The summed E-state index contributed by atoms with van der Waals surface area (Å²) in [6.07, 6.45) is 7.36. The Balaban J connectivity index is 1.54. The number of nitrogens with one attached hydrogen (secondary N) is 1. The van der Waals surface area contributed by atoms with Crippen LogP contribution in [0.5, 0.6) is 0 Å². The zero-order valence-corrected chi connectivity index (χ0v) is 17.3. The fraction of sp³-hybridized carbons (Fsp3) is 0.348. The monoisotopic (exact) mass is 406 g/mol. The Bertz CT molecular complexity index is 1110. The SMILES string of the molecule is Cc1ccn(CC2CCCO2)c(=O)c1C(=O)NCc1ccccc1-n1ccnc1C. The number of hydrogen-bond donors (Lipinski definition) is 1. The van der Waals surface area contributed by atoms with Gasteiger partial charge in [0.2, 0.25) is 0 Å². The van der Waals surface area contributed by atoms with Gasteiger partial charge in [0.1, 0.15) is 11.4 Å². The number of nitrogens with zero attached hydrogens (tertiary/aromatic N) is 3. The van der Waals surface area contributed by atoms with Crippen molar-refractivity contribution in [1.29, 1.82) is 0 Å². The molecule has 0 aliphatic carbocycles. The molecule has 3 heterocycles. The number of hydrogen-bond acceptors (Lipinski definition) is 4. The molecule has 7 nitrogen and oxygen atoms in total. The summed E-state index contributed by atoms with van der Waals surface area (Å²) in [5.74, 6) is 0.501. The number of carbonyl (C=O) groups is 1. The van der Waals surface area contributed by atoms with Gasteiger partial charge >= 0.3 is 0 Å². The molecule has 156 valence electrons. The Hall–Kier alpha value is -3.19. The van der Waals surface area contributed by atoms with Gasteiger partial charge in [0.15, 0.2) is 0 Å². The number of imidazole rings is 1. The molecular formula is C23H26N4O3. The number of amides is 1. The van der Waals surface area contributed by atoms with Crippen molar-refractivity contribution >= 4 is 5.91 Å². The third kappa shape index (κ3) is 4.07. The number of aromatic nitrogens is 3. The molecule has 30 heavy (non-hydrogen) atoms. The molecule has 1 aliphatic rings. The maximum Gasteiger partial charge on any atom is 0.263 e. The van der Waals surface area contributed by atoms with Gasteiger partial charge in [0.25, 0.3) is 11.5 Å². The summed E-state index contributed by atoms with van der Waals surface area (Å²) in [4.78, 5) is 30.2. The molecule has 1 aromatic carbocycles. The molecule has 1 saturated heterocycles. The largest absolute Gasteiger partial charge is 0.376 e. The van der Waals surface area contributed by atoms with E-state index in [-0.39, 0.29) is 23.1 Å². The summed E-state index contributed by atoms with van der Waals surface area (Å²) in [5.41, 5.74) is 2.47. The summed E-state index contributed by atoms with van der Waals surface area (Å²) in [7, 11) is 0. The molecule has 1 unspecified atom stereocenters. The van der Waals surface area contributed by atoms with Crippen molar-refractivity contribution in [3.05, 3.63) is 81.8 Å². The Morgan fingerprint density at radius 1 is 1.23 bits per heavy atom. The molecule has 3 aromatic rings. The van der Waals surface area contributed by atoms with Crippen molar-refractivity contribution in [2.24, 2.45) is 0 Å². The summed E-state index contributed by atoms with van der Waals surface area (Å²) >= 11 is 0. The fourth-order valence-electron chi connectivity index (χ4n) is 3.88. The predicted octanol–water partition coefficient (Wildman–Crippen LogP) is 2.76. The van der Waals surface area contributed by atoms with Crippen LogP contribution in [-0.4, -0.2) is 32.7 Å². The first-order valence-electron chi connectivity index (χ1n) is 10.2. The van der Waals surface area contributed by atoms with E-state index in [0.29, 0.717) is 18.7 Å². The van der Waals surface area contributed by atoms with Crippen molar-refractivity contribution in [2.45, 2.75) is 45.9 Å². The summed E-state index contributed by atoms with van der Waals surface area (Å²) in [6.45, 7) is 5.23. The molecule has 1 N–H and O–H groups in total. The Morgan fingerprint density at radius 2 is 2.07 bits per heavy atom. The van der Waals surface area contributed by atoms with Crippen LogP contribution >= 0.6 is 0 Å². The first-order chi connectivity index (χ1) is 14.5. The Morgan fingerprint density at radius 3 is 2.80 bits per heavy atom. The highest BCUT2D eigenvalue weighted by Crippen LogP contribution is 2.17. The van der Waals surface area contributed by atoms with Crippen LogP contribution < -0.4 is 10.9 Å². The van der Waals surface area contributed by atoms with Crippen molar-refractivity contribution in [1.82, 2.24) is 19.4 Å². The van der Waals surface area contributed by atoms with E-state index in [0.717, 1.165) is 36.5 Å². The molecular weight excluding hydrogens is 380 g/mol. The molecule has 7 heteroatoms. The number of aryl methyl sites for hydroxylation is 2. The molecule has 0 spiro atoms. The van der Waals surface area contributed by atoms with E-state index < -0.39 is 0 Å². The van der Waals surface area contributed by atoms with Crippen LogP contribution in [0.4, 0.5) is 0 Å². The highest BCUT2D eigenvalue weighted by atomic mass is 16.5. The van der Waals surface area contributed by atoms with Gasteiger partial charge < -0.3 is 19.2 Å². The molecule has 1 atom stereocenters. The van der Waals surface area contributed by atoms with Gasteiger partial charge in [-0.3, -0.25) is 9.59 Å². The van der Waals surface area contributed by atoms with Gasteiger partial charge in [-0.2, -0.15) is 0 Å². The van der Waals surface area contributed by atoms with Gasteiger partial charge in [0, 0.05) is 31.7 Å². The number of pyridine rings is 1. The smallest absolute Gasteiger partial charge is 0.263 e. The second-order valence-corrected chi connectivity index (χ2v) is 7.62.